The third-order valence-electron chi connectivity index (χ3n) is 2.13. The number of nitrogens with zero attached hydrogens (tertiary/aromatic N) is 2. The van der Waals surface area contributed by atoms with E-state index in [1.54, 1.807) is 6.07 Å². The minimum Gasteiger partial charge on any atom is -0.382 e. The van der Waals surface area contributed by atoms with Gasteiger partial charge < -0.3 is 5.73 Å². The lowest BCUT2D eigenvalue weighted by atomic mass is 10.1. The van der Waals surface area contributed by atoms with Crippen LogP contribution in [0.15, 0.2) is 30.3 Å². The molecule has 0 aliphatic carbocycles. The highest BCUT2D eigenvalue weighted by molar-refractivity contribution is 6.32. The average molecular weight is 220 g/mol. The van der Waals surface area contributed by atoms with Crippen LogP contribution in [0.5, 0.6) is 0 Å². The van der Waals surface area contributed by atoms with Crippen LogP contribution in [0.1, 0.15) is 5.56 Å². The highest BCUT2D eigenvalue weighted by Gasteiger charge is 2.05. The van der Waals surface area contributed by atoms with E-state index >= 15 is 0 Å². The Morgan fingerprint density at radius 3 is 2.47 bits per heavy atom. The van der Waals surface area contributed by atoms with Crippen LogP contribution in [0.2, 0.25) is 5.15 Å². The van der Waals surface area contributed by atoms with Gasteiger partial charge in [-0.1, -0.05) is 41.4 Å². The molecule has 0 aliphatic rings. The van der Waals surface area contributed by atoms with Crippen molar-refractivity contribution in [1.29, 1.82) is 0 Å². The molecule has 0 saturated carbocycles. The lowest BCUT2D eigenvalue weighted by molar-refractivity contribution is 1.04. The Hall–Kier alpha value is -1.61. The molecule has 4 heteroatoms. The summed E-state index contributed by atoms with van der Waals surface area (Å²) in [6, 6.07) is 9.72. The monoisotopic (exact) mass is 219 g/mol. The smallest absolute Gasteiger partial charge is 0.159 e. The first-order valence-corrected chi connectivity index (χ1v) is 4.90. The van der Waals surface area contributed by atoms with E-state index in [9.17, 15) is 0 Å². The predicted molar refractivity (Wildman–Crippen MR) is 61.6 cm³/mol. The van der Waals surface area contributed by atoms with Crippen molar-refractivity contribution in [2.24, 2.45) is 0 Å². The summed E-state index contributed by atoms with van der Waals surface area (Å²) in [4.78, 5) is 0. The molecule has 15 heavy (non-hydrogen) atoms. The van der Waals surface area contributed by atoms with Gasteiger partial charge >= 0.3 is 0 Å². The number of hydrogen-bond donors (Lipinski definition) is 1. The van der Waals surface area contributed by atoms with E-state index in [0.717, 1.165) is 11.1 Å². The maximum Gasteiger partial charge on any atom is 0.159 e. The molecule has 0 radical (unpaired) electrons. The molecular formula is C11H10ClN3. The summed E-state index contributed by atoms with van der Waals surface area (Å²) in [5.74, 6) is 0.370. The van der Waals surface area contributed by atoms with Gasteiger partial charge in [0, 0.05) is 5.56 Å². The highest BCUT2D eigenvalue weighted by atomic mass is 35.5. The molecule has 0 aliphatic heterocycles. The Labute approximate surface area is 92.9 Å². The molecule has 0 saturated heterocycles. The second-order valence-corrected chi connectivity index (χ2v) is 3.70. The third-order valence-corrected chi connectivity index (χ3v) is 2.41. The average Bonchev–Trinajstić information content (AvgIpc) is 2.23. The van der Waals surface area contributed by atoms with Gasteiger partial charge in [0.1, 0.15) is 5.82 Å². The van der Waals surface area contributed by atoms with Gasteiger partial charge in [-0.25, -0.2) is 0 Å². The molecule has 1 aromatic carbocycles. The SMILES string of the molecule is Cc1ccc(-c2cc(N)nnc2Cl)cc1. The van der Waals surface area contributed by atoms with Gasteiger partial charge in [-0.2, -0.15) is 0 Å². The Morgan fingerprint density at radius 2 is 1.80 bits per heavy atom. The fourth-order valence-electron chi connectivity index (χ4n) is 1.33. The minimum atomic E-state index is 0.369. The Morgan fingerprint density at radius 1 is 1.13 bits per heavy atom. The van der Waals surface area contributed by atoms with Gasteiger partial charge in [0.05, 0.1) is 0 Å². The van der Waals surface area contributed by atoms with Crippen molar-refractivity contribution >= 4 is 17.4 Å². The van der Waals surface area contributed by atoms with Crippen molar-refractivity contribution in [3.05, 3.63) is 41.0 Å². The van der Waals surface area contributed by atoms with Gasteiger partial charge in [0.15, 0.2) is 5.15 Å². The Balaban J connectivity index is 2.53. The number of anilines is 1. The predicted octanol–water partition coefficient (Wildman–Crippen LogP) is 2.69. The third kappa shape index (κ3) is 2.07. The summed E-state index contributed by atoms with van der Waals surface area (Å²) < 4.78 is 0. The molecular weight excluding hydrogens is 210 g/mol. The molecule has 0 atom stereocenters. The molecule has 2 rings (SSSR count). The fourth-order valence-corrected chi connectivity index (χ4v) is 1.53. The van der Waals surface area contributed by atoms with Crippen LogP contribution in [-0.4, -0.2) is 10.2 Å². The van der Waals surface area contributed by atoms with Crippen LogP contribution in [0.3, 0.4) is 0 Å². The zero-order chi connectivity index (χ0) is 10.8. The second-order valence-electron chi connectivity index (χ2n) is 3.34. The summed E-state index contributed by atoms with van der Waals surface area (Å²) >= 11 is 5.94. The molecule has 0 fully saturated rings. The van der Waals surface area contributed by atoms with E-state index in [0.29, 0.717) is 11.0 Å². The number of hydrogen-bond acceptors (Lipinski definition) is 3. The molecule has 1 heterocycles. The first-order valence-electron chi connectivity index (χ1n) is 4.52. The largest absolute Gasteiger partial charge is 0.382 e. The Bertz CT molecular complexity index is 480. The summed E-state index contributed by atoms with van der Waals surface area (Å²) in [5, 5.41) is 7.81. The second kappa shape index (κ2) is 3.87. The quantitative estimate of drug-likeness (QED) is 0.802. The van der Waals surface area contributed by atoms with E-state index in [4.69, 9.17) is 17.3 Å². The van der Waals surface area contributed by atoms with Crippen LogP contribution < -0.4 is 5.73 Å². The summed E-state index contributed by atoms with van der Waals surface area (Å²) in [6.45, 7) is 2.03. The number of benzene rings is 1. The normalized spacial score (nSPS) is 10.3. The van der Waals surface area contributed by atoms with E-state index < -0.39 is 0 Å². The molecule has 0 bridgehead atoms. The van der Waals surface area contributed by atoms with E-state index in [-0.39, 0.29) is 0 Å². The summed E-state index contributed by atoms with van der Waals surface area (Å²) in [5.41, 5.74) is 8.56. The first-order chi connectivity index (χ1) is 7.16. The van der Waals surface area contributed by atoms with Gasteiger partial charge in [0.25, 0.3) is 0 Å². The van der Waals surface area contributed by atoms with Crippen molar-refractivity contribution in [1.82, 2.24) is 10.2 Å². The van der Waals surface area contributed by atoms with E-state index in [1.807, 2.05) is 31.2 Å². The van der Waals surface area contributed by atoms with Crippen LogP contribution in [0.4, 0.5) is 5.82 Å². The number of halogens is 1. The summed E-state index contributed by atoms with van der Waals surface area (Å²) in [7, 11) is 0. The molecule has 2 N–H and O–H groups in total. The number of nitrogens with two attached hydrogens (primary N) is 1. The number of nitrogen functional groups attached to an aromatic ring is 1. The summed E-state index contributed by atoms with van der Waals surface area (Å²) in [6.07, 6.45) is 0. The number of rotatable bonds is 1. The van der Waals surface area contributed by atoms with Crippen molar-refractivity contribution in [3.8, 4) is 11.1 Å². The number of aromatic nitrogens is 2. The van der Waals surface area contributed by atoms with Crippen LogP contribution >= 0.6 is 11.6 Å². The zero-order valence-electron chi connectivity index (χ0n) is 8.24. The van der Waals surface area contributed by atoms with Crippen molar-refractivity contribution in [2.45, 2.75) is 6.92 Å². The van der Waals surface area contributed by atoms with E-state index in [1.165, 1.54) is 5.56 Å². The fraction of sp³-hybridized carbons (Fsp3) is 0.0909. The molecule has 76 valence electrons. The first kappa shape index (κ1) is 9.93. The van der Waals surface area contributed by atoms with Crippen molar-refractivity contribution in [2.75, 3.05) is 5.73 Å². The van der Waals surface area contributed by atoms with Crippen molar-refractivity contribution < 1.29 is 0 Å². The van der Waals surface area contributed by atoms with Crippen LogP contribution in [0, 0.1) is 6.92 Å². The van der Waals surface area contributed by atoms with Gasteiger partial charge in [-0.05, 0) is 18.6 Å². The lowest BCUT2D eigenvalue weighted by Gasteiger charge is -2.04. The van der Waals surface area contributed by atoms with Crippen LogP contribution in [-0.2, 0) is 0 Å². The van der Waals surface area contributed by atoms with Gasteiger partial charge in [-0.3, -0.25) is 0 Å². The molecule has 1 aromatic heterocycles. The topological polar surface area (TPSA) is 51.8 Å². The highest BCUT2D eigenvalue weighted by Crippen LogP contribution is 2.26. The zero-order valence-corrected chi connectivity index (χ0v) is 8.99. The molecule has 0 spiro atoms. The lowest BCUT2D eigenvalue weighted by Crippen LogP contribution is -1.94. The maximum absolute atomic E-state index is 5.94. The number of aryl methyl sites for hydroxylation is 1. The molecule has 3 nitrogen and oxygen atoms in total. The van der Waals surface area contributed by atoms with Gasteiger partial charge in [0.2, 0.25) is 0 Å². The Kier molecular flexibility index (Phi) is 2.56. The van der Waals surface area contributed by atoms with Crippen LogP contribution in [0.25, 0.3) is 11.1 Å². The molecule has 0 amide bonds. The standard InChI is InChI=1S/C11H10ClN3/c1-7-2-4-8(5-3-7)9-6-10(13)14-15-11(9)12/h2-6H,1H3,(H2,13,14). The minimum absolute atomic E-state index is 0.369. The van der Waals surface area contributed by atoms with Crippen molar-refractivity contribution in [3.63, 3.8) is 0 Å². The molecule has 0 unspecified atom stereocenters. The van der Waals surface area contributed by atoms with Gasteiger partial charge in [-0.15, -0.1) is 10.2 Å². The maximum atomic E-state index is 5.94. The molecule has 2 aromatic rings. The van der Waals surface area contributed by atoms with E-state index in [2.05, 4.69) is 10.2 Å².